The lowest BCUT2D eigenvalue weighted by atomic mass is 9.94. The molecule has 0 unspecified atom stereocenters. The van der Waals surface area contributed by atoms with Gasteiger partial charge in [-0.15, -0.1) is 0 Å². The molecule has 0 aromatic heterocycles. The first-order chi connectivity index (χ1) is 18.6. The fourth-order valence-corrected chi connectivity index (χ4v) is 3.80. The van der Waals surface area contributed by atoms with Crippen LogP contribution in [0.2, 0.25) is 0 Å². The molecule has 0 saturated heterocycles. The lowest BCUT2D eigenvalue weighted by Crippen LogP contribution is -2.26. The molecule has 6 heteroatoms. The molecule has 6 nitrogen and oxygen atoms in total. The highest BCUT2D eigenvalue weighted by atomic mass is 16.5. The summed E-state index contributed by atoms with van der Waals surface area (Å²) in [6.45, 7) is 18.9. The van der Waals surface area contributed by atoms with Crippen molar-refractivity contribution in [3.05, 3.63) is 58.7 Å². The largest absolute Gasteiger partial charge is 0.490 e. The lowest BCUT2D eigenvalue weighted by molar-refractivity contribution is -0.143. The summed E-state index contributed by atoms with van der Waals surface area (Å²) < 4.78 is 17.7. The summed E-state index contributed by atoms with van der Waals surface area (Å²) in [5.74, 6) is 0.491. The second-order valence-corrected chi connectivity index (χ2v) is 12.4. The Hall–Kier alpha value is -3.41. The van der Waals surface area contributed by atoms with Crippen molar-refractivity contribution in [1.82, 2.24) is 0 Å². The molecule has 0 spiro atoms. The summed E-state index contributed by atoms with van der Waals surface area (Å²) in [5.41, 5.74) is 1.61. The van der Waals surface area contributed by atoms with E-state index in [9.17, 15) is 14.4 Å². The summed E-state index contributed by atoms with van der Waals surface area (Å²) >= 11 is 0. The van der Waals surface area contributed by atoms with Gasteiger partial charge in [0.05, 0.1) is 22.5 Å². The third-order valence-corrected chi connectivity index (χ3v) is 5.98. The van der Waals surface area contributed by atoms with Crippen LogP contribution in [0.15, 0.2) is 36.4 Å². The van der Waals surface area contributed by atoms with Gasteiger partial charge >= 0.3 is 11.9 Å². The Morgan fingerprint density at radius 3 is 1.75 bits per heavy atom. The van der Waals surface area contributed by atoms with Gasteiger partial charge in [0.15, 0.2) is 5.78 Å². The number of esters is 2. The quantitative estimate of drug-likeness (QED) is 0.121. The number of aryl methyl sites for hydroxylation is 2. The van der Waals surface area contributed by atoms with Crippen molar-refractivity contribution in [3.63, 3.8) is 0 Å². The van der Waals surface area contributed by atoms with Crippen LogP contribution in [0.3, 0.4) is 0 Å². The second-order valence-electron chi connectivity index (χ2n) is 12.4. The third-order valence-electron chi connectivity index (χ3n) is 5.98. The molecule has 40 heavy (non-hydrogen) atoms. The number of hydrogen-bond donors (Lipinski definition) is 0. The van der Waals surface area contributed by atoms with Gasteiger partial charge in [-0.2, -0.15) is 0 Å². The highest BCUT2D eigenvalue weighted by Crippen LogP contribution is 2.40. The standard InChI is InChI=1S/C34H46O6/c1-11-13-24-21-25(14-12-2)30(40-32(37)34(8,9)10)27(29(24)38-22(3)4)19-20-28(35)23-15-17-26(18-16-23)39-31(36)33(5,6)7/h15-22H,11-14H2,1-10H3. The van der Waals surface area contributed by atoms with Crippen LogP contribution < -0.4 is 14.2 Å². The van der Waals surface area contributed by atoms with Crippen molar-refractivity contribution in [2.24, 2.45) is 10.8 Å². The Labute approximate surface area is 240 Å². The van der Waals surface area contributed by atoms with Crippen LogP contribution in [0.25, 0.3) is 6.08 Å². The smallest absolute Gasteiger partial charge is 0.316 e. The normalized spacial score (nSPS) is 12.1. The first kappa shape index (κ1) is 32.8. The van der Waals surface area contributed by atoms with Crippen molar-refractivity contribution in [3.8, 4) is 17.2 Å². The van der Waals surface area contributed by atoms with Crippen LogP contribution in [-0.2, 0) is 22.4 Å². The van der Waals surface area contributed by atoms with E-state index in [1.54, 1.807) is 51.1 Å². The van der Waals surface area contributed by atoms with Crippen molar-refractivity contribution in [2.75, 3.05) is 0 Å². The number of ether oxygens (including phenoxy) is 3. The van der Waals surface area contributed by atoms with Crippen molar-refractivity contribution in [1.29, 1.82) is 0 Å². The molecule has 0 aliphatic rings. The number of carbonyl (C=O) groups excluding carboxylic acids is 3. The molecule has 0 radical (unpaired) electrons. The Balaban J connectivity index is 2.59. The van der Waals surface area contributed by atoms with E-state index >= 15 is 0 Å². The molecular weight excluding hydrogens is 504 g/mol. The lowest BCUT2D eigenvalue weighted by Gasteiger charge is -2.24. The van der Waals surface area contributed by atoms with E-state index in [4.69, 9.17) is 14.2 Å². The Bertz CT molecular complexity index is 1220. The van der Waals surface area contributed by atoms with E-state index in [1.807, 2.05) is 34.6 Å². The molecular formula is C34H46O6. The summed E-state index contributed by atoms with van der Waals surface area (Å²) in [7, 11) is 0. The van der Waals surface area contributed by atoms with Crippen molar-refractivity contribution < 1.29 is 28.6 Å². The van der Waals surface area contributed by atoms with E-state index in [0.717, 1.165) is 36.8 Å². The van der Waals surface area contributed by atoms with Crippen LogP contribution in [0.1, 0.15) is 109 Å². The zero-order valence-electron chi connectivity index (χ0n) is 25.9. The third kappa shape index (κ3) is 9.07. The van der Waals surface area contributed by atoms with Crippen LogP contribution in [-0.4, -0.2) is 23.8 Å². The molecule has 0 bridgehead atoms. The maximum atomic E-state index is 13.2. The highest BCUT2D eigenvalue weighted by molar-refractivity contribution is 6.07. The van der Waals surface area contributed by atoms with Gasteiger partial charge < -0.3 is 14.2 Å². The number of allylic oxidation sites excluding steroid dienone is 1. The zero-order chi connectivity index (χ0) is 30.3. The molecule has 0 aliphatic heterocycles. The first-order valence-corrected chi connectivity index (χ1v) is 14.2. The van der Waals surface area contributed by atoms with E-state index in [-0.39, 0.29) is 23.8 Å². The van der Waals surface area contributed by atoms with E-state index in [1.165, 1.54) is 6.08 Å². The van der Waals surface area contributed by atoms with Gasteiger partial charge in [-0.25, -0.2) is 0 Å². The molecule has 218 valence electrons. The Morgan fingerprint density at radius 2 is 1.27 bits per heavy atom. The summed E-state index contributed by atoms with van der Waals surface area (Å²) in [4.78, 5) is 38.4. The molecule has 2 aromatic rings. The minimum Gasteiger partial charge on any atom is -0.490 e. The number of ketones is 1. The van der Waals surface area contributed by atoms with Gasteiger partial charge in [-0.05, 0) is 122 Å². The number of hydrogen-bond acceptors (Lipinski definition) is 6. The van der Waals surface area contributed by atoms with Gasteiger partial charge in [0.1, 0.15) is 17.2 Å². The van der Waals surface area contributed by atoms with Gasteiger partial charge in [0.2, 0.25) is 0 Å². The molecule has 2 aromatic carbocycles. The van der Waals surface area contributed by atoms with Crippen LogP contribution >= 0.6 is 0 Å². The van der Waals surface area contributed by atoms with E-state index in [2.05, 4.69) is 19.9 Å². The van der Waals surface area contributed by atoms with Crippen LogP contribution in [0, 0.1) is 10.8 Å². The second kappa shape index (κ2) is 13.8. The molecule has 0 fully saturated rings. The number of rotatable bonds is 11. The maximum absolute atomic E-state index is 13.2. The average Bonchev–Trinajstić information content (AvgIpc) is 2.85. The number of carbonyl (C=O) groups is 3. The van der Waals surface area contributed by atoms with E-state index < -0.39 is 10.8 Å². The Morgan fingerprint density at radius 1 is 0.775 bits per heavy atom. The molecule has 0 atom stereocenters. The average molecular weight is 551 g/mol. The highest BCUT2D eigenvalue weighted by Gasteiger charge is 2.28. The fourth-order valence-electron chi connectivity index (χ4n) is 3.80. The van der Waals surface area contributed by atoms with Crippen molar-refractivity contribution >= 4 is 23.8 Å². The summed E-state index contributed by atoms with van der Waals surface area (Å²) in [6, 6.07) is 8.54. The van der Waals surface area contributed by atoms with Gasteiger partial charge in [-0.1, -0.05) is 26.7 Å². The van der Waals surface area contributed by atoms with Crippen molar-refractivity contribution in [2.45, 2.75) is 101 Å². The molecule has 0 heterocycles. The Kier molecular flexibility index (Phi) is 11.3. The zero-order valence-corrected chi connectivity index (χ0v) is 25.9. The van der Waals surface area contributed by atoms with Crippen LogP contribution in [0.4, 0.5) is 0 Å². The van der Waals surface area contributed by atoms with E-state index in [0.29, 0.717) is 28.4 Å². The minimum absolute atomic E-state index is 0.120. The first-order valence-electron chi connectivity index (χ1n) is 14.2. The van der Waals surface area contributed by atoms with Gasteiger partial charge in [-0.3, -0.25) is 14.4 Å². The summed E-state index contributed by atoms with van der Waals surface area (Å²) in [5, 5.41) is 0. The predicted octanol–water partition coefficient (Wildman–Crippen LogP) is 8.18. The maximum Gasteiger partial charge on any atom is 0.316 e. The number of benzene rings is 2. The molecule has 0 N–H and O–H groups in total. The topological polar surface area (TPSA) is 78.9 Å². The monoisotopic (exact) mass is 550 g/mol. The molecule has 0 saturated carbocycles. The minimum atomic E-state index is -0.709. The van der Waals surface area contributed by atoms with Crippen LogP contribution in [0.5, 0.6) is 17.2 Å². The SMILES string of the molecule is CCCc1cc(CCC)c(OC(C)C)c(C=CC(=O)c2ccc(OC(=O)C(C)(C)C)cc2)c1OC(=O)C(C)(C)C. The molecule has 0 amide bonds. The fraction of sp³-hybridized carbons (Fsp3) is 0.500. The summed E-state index contributed by atoms with van der Waals surface area (Å²) in [6.07, 6.45) is 6.32. The van der Waals surface area contributed by atoms with Gasteiger partial charge in [0.25, 0.3) is 0 Å². The molecule has 0 aliphatic carbocycles. The predicted molar refractivity (Wildman–Crippen MR) is 160 cm³/mol. The molecule has 2 rings (SSSR count). The van der Waals surface area contributed by atoms with Gasteiger partial charge in [0, 0.05) is 5.56 Å².